The number of nitrogens with one attached hydrogen (secondary N) is 2. The number of carbonyl (C=O) groups excluding carboxylic acids is 1. The van der Waals surface area contributed by atoms with Crippen molar-refractivity contribution in [2.24, 2.45) is 0 Å². The number of hydrogen-bond acceptors (Lipinski definition) is 2. The molecule has 6 heteroatoms. The van der Waals surface area contributed by atoms with Crippen LogP contribution in [-0.2, 0) is 0 Å². The quantitative estimate of drug-likeness (QED) is 0.779. The van der Waals surface area contributed by atoms with Crippen molar-refractivity contribution in [3.05, 3.63) is 65.4 Å². The summed E-state index contributed by atoms with van der Waals surface area (Å²) in [5.74, 6) is -2.24. The van der Waals surface area contributed by atoms with Crippen LogP contribution in [0.3, 0.4) is 0 Å². The minimum Gasteiger partial charge on any atom is -0.344 e. The molecule has 1 amide bonds. The molecule has 22 heavy (non-hydrogen) atoms. The Morgan fingerprint density at radius 3 is 2.73 bits per heavy atom. The van der Waals surface area contributed by atoms with Crippen molar-refractivity contribution in [3.63, 3.8) is 0 Å². The molecule has 0 fully saturated rings. The number of para-hydroxylation sites is 1. The fourth-order valence-corrected chi connectivity index (χ4v) is 2.27. The smallest absolute Gasteiger partial charge is 0.272 e. The van der Waals surface area contributed by atoms with E-state index in [9.17, 15) is 13.6 Å². The van der Waals surface area contributed by atoms with Crippen LogP contribution >= 0.6 is 0 Å². The number of carbonyl (C=O) groups is 1. The molecule has 0 saturated heterocycles. The maximum absolute atomic E-state index is 13.3. The van der Waals surface area contributed by atoms with Gasteiger partial charge in [-0.25, -0.2) is 8.78 Å². The second kappa shape index (κ2) is 5.55. The Balaban J connectivity index is 1.83. The molecule has 0 aliphatic carbocycles. The van der Waals surface area contributed by atoms with Gasteiger partial charge in [-0.05, 0) is 30.7 Å². The van der Waals surface area contributed by atoms with Crippen molar-refractivity contribution in [2.45, 2.75) is 13.0 Å². The number of H-pyrrole nitrogens is 1. The highest BCUT2D eigenvalue weighted by molar-refractivity contribution is 6.04. The first-order valence-corrected chi connectivity index (χ1v) is 6.75. The molecule has 0 radical (unpaired) electrons. The molecule has 1 aromatic heterocycles. The number of fused-ring (bicyclic) bond motifs is 1. The average molecular weight is 301 g/mol. The third-order valence-electron chi connectivity index (χ3n) is 3.48. The fourth-order valence-electron chi connectivity index (χ4n) is 2.27. The fraction of sp³-hybridized carbons (Fsp3) is 0.125. The zero-order valence-corrected chi connectivity index (χ0v) is 11.7. The molecule has 4 nitrogen and oxygen atoms in total. The molecule has 3 rings (SSSR count). The highest BCUT2D eigenvalue weighted by Gasteiger charge is 2.17. The summed E-state index contributed by atoms with van der Waals surface area (Å²) in [7, 11) is 0. The highest BCUT2D eigenvalue weighted by atomic mass is 19.2. The van der Waals surface area contributed by atoms with Gasteiger partial charge in [0.25, 0.3) is 5.91 Å². The van der Waals surface area contributed by atoms with Crippen LogP contribution in [0, 0.1) is 11.6 Å². The molecule has 3 aromatic rings. The van der Waals surface area contributed by atoms with Crippen molar-refractivity contribution < 1.29 is 13.6 Å². The summed E-state index contributed by atoms with van der Waals surface area (Å²) in [6.45, 7) is 1.69. The van der Waals surface area contributed by atoms with Crippen molar-refractivity contribution in [1.82, 2.24) is 15.5 Å². The zero-order chi connectivity index (χ0) is 15.7. The Morgan fingerprint density at radius 2 is 1.95 bits per heavy atom. The number of nitrogens with zero attached hydrogens (tertiary/aromatic N) is 1. The van der Waals surface area contributed by atoms with Crippen LogP contribution in [0.4, 0.5) is 8.78 Å². The van der Waals surface area contributed by atoms with Gasteiger partial charge in [0.1, 0.15) is 0 Å². The van der Waals surface area contributed by atoms with Crippen LogP contribution < -0.4 is 5.32 Å². The summed E-state index contributed by atoms with van der Waals surface area (Å²) < 4.78 is 26.2. The summed E-state index contributed by atoms with van der Waals surface area (Å²) in [6.07, 6.45) is 0. The van der Waals surface area contributed by atoms with Gasteiger partial charge in [-0.2, -0.15) is 5.10 Å². The van der Waals surface area contributed by atoms with E-state index in [0.717, 1.165) is 17.6 Å². The van der Waals surface area contributed by atoms with E-state index in [-0.39, 0.29) is 11.6 Å². The average Bonchev–Trinajstić information content (AvgIpc) is 2.94. The van der Waals surface area contributed by atoms with E-state index in [1.807, 2.05) is 18.2 Å². The lowest BCUT2D eigenvalue weighted by Gasteiger charge is -2.13. The highest BCUT2D eigenvalue weighted by Crippen LogP contribution is 2.19. The standard InChI is InChI=1S/C16H13F2N3O/c1-9(10-6-7-12(17)13(18)8-10)19-16(22)15-11-4-2-3-5-14(11)20-21-15/h2-9H,1H3,(H,19,22)(H,20,21)/t9-/m0/s1. The van der Waals surface area contributed by atoms with Crippen LogP contribution in [0.15, 0.2) is 42.5 Å². The van der Waals surface area contributed by atoms with E-state index < -0.39 is 17.7 Å². The van der Waals surface area contributed by atoms with Crippen molar-refractivity contribution in [2.75, 3.05) is 0 Å². The Morgan fingerprint density at radius 1 is 1.18 bits per heavy atom. The Labute approximate surface area is 125 Å². The summed E-state index contributed by atoms with van der Waals surface area (Å²) in [5, 5.41) is 10.2. The minimum absolute atomic E-state index is 0.269. The van der Waals surface area contributed by atoms with Gasteiger partial charge >= 0.3 is 0 Å². The number of aromatic nitrogens is 2. The monoisotopic (exact) mass is 301 g/mol. The maximum atomic E-state index is 13.3. The normalized spacial score (nSPS) is 12.3. The van der Waals surface area contributed by atoms with Gasteiger partial charge in [0.2, 0.25) is 0 Å². The van der Waals surface area contributed by atoms with E-state index in [0.29, 0.717) is 10.9 Å². The van der Waals surface area contributed by atoms with E-state index in [1.165, 1.54) is 6.07 Å². The molecule has 0 aliphatic rings. The predicted octanol–water partition coefficient (Wildman–Crippen LogP) is 3.33. The van der Waals surface area contributed by atoms with Gasteiger partial charge in [-0.1, -0.05) is 24.3 Å². The summed E-state index contributed by atoms with van der Waals surface area (Å²) >= 11 is 0. The second-order valence-electron chi connectivity index (χ2n) is 4.99. The molecule has 1 heterocycles. The third-order valence-corrected chi connectivity index (χ3v) is 3.48. The summed E-state index contributed by atoms with van der Waals surface area (Å²) in [4.78, 5) is 12.3. The molecule has 0 saturated carbocycles. The predicted molar refractivity (Wildman–Crippen MR) is 78.3 cm³/mol. The van der Waals surface area contributed by atoms with Gasteiger partial charge in [0.05, 0.1) is 11.6 Å². The lowest BCUT2D eigenvalue weighted by molar-refractivity contribution is 0.0936. The number of hydrogen-bond donors (Lipinski definition) is 2. The Kier molecular flexibility index (Phi) is 3.58. The Hall–Kier alpha value is -2.76. The van der Waals surface area contributed by atoms with Crippen LogP contribution in [0.1, 0.15) is 29.0 Å². The van der Waals surface area contributed by atoms with Gasteiger partial charge in [-0.15, -0.1) is 0 Å². The topological polar surface area (TPSA) is 57.8 Å². The van der Waals surface area contributed by atoms with Gasteiger partial charge < -0.3 is 5.32 Å². The molecule has 2 N–H and O–H groups in total. The van der Waals surface area contributed by atoms with E-state index in [4.69, 9.17) is 0 Å². The molecule has 0 aliphatic heterocycles. The van der Waals surface area contributed by atoms with Crippen LogP contribution in [0.2, 0.25) is 0 Å². The largest absolute Gasteiger partial charge is 0.344 e. The number of amides is 1. The van der Waals surface area contributed by atoms with Crippen molar-refractivity contribution in [1.29, 1.82) is 0 Å². The van der Waals surface area contributed by atoms with E-state index in [1.54, 1.807) is 13.0 Å². The molecular weight excluding hydrogens is 288 g/mol. The number of aromatic amines is 1. The first kappa shape index (κ1) is 14.2. The van der Waals surface area contributed by atoms with Crippen LogP contribution in [-0.4, -0.2) is 16.1 Å². The summed E-state index contributed by atoms with van der Waals surface area (Å²) in [6, 6.07) is 10.3. The van der Waals surface area contributed by atoms with Crippen LogP contribution in [0.25, 0.3) is 10.9 Å². The molecule has 2 aromatic carbocycles. The lowest BCUT2D eigenvalue weighted by atomic mass is 10.1. The zero-order valence-electron chi connectivity index (χ0n) is 11.7. The number of halogens is 2. The SMILES string of the molecule is C[C@H](NC(=O)c1n[nH]c2ccccc12)c1ccc(F)c(F)c1. The van der Waals surface area contributed by atoms with Crippen LogP contribution in [0.5, 0.6) is 0 Å². The number of benzene rings is 2. The lowest BCUT2D eigenvalue weighted by Crippen LogP contribution is -2.27. The first-order valence-electron chi connectivity index (χ1n) is 6.75. The molecule has 0 bridgehead atoms. The minimum atomic E-state index is -0.941. The Bertz CT molecular complexity index is 844. The summed E-state index contributed by atoms with van der Waals surface area (Å²) in [5.41, 5.74) is 1.50. The molecule has 0 spiro atoms. The molecule has 1 atom stereocenters. The van der Waals surface area contributed by atoms with E-state index in [2.05, 4.69) is 15.5 Å². The van der Waals surface area contributed by atoms with Crippen molar-refractivity contribution >= 4 is 16.8 Å². The van der Waals surface area contributed by atoms with Gasteiger partial charge in [0, 0.05) is 5.39 Å². The van der Waals surface area contributed by atoms with E-state index >= 15 is 0 Å². The number of rotatable bonds is 3. The molecule has 112 valence electrons. The van der Waals surface area contributed by atoms with Gasteiger partial charge in [0.15, 0.2) is 17.3 Å². The first-order chi connectivity index (χ1) is 10.6. The maximum Gasteiger partial charge on any atom is 0.272 e. The van der Waals surface area contributed by atoms with Crippen molar-refractivity contribution in [3.8, 4) is 0 Å². The third kappa shape index (κ3) is 2.55. The van der Waals surface area contributed by atoms with Gasteiger partial charge in [-0.3, -0.25) is 9.89 Å². The molecule has 0 unspecified atom stereocenters. The molecular formula is C16H13F2N3O. The second-order valence-corrected chi connectivity index (χ2v) is 4.99.